The molecule has 0 aliphatic heterocycles. The summed E-state index contributed by atoms with van der Waals surface area (Å²) in [5.74, 6) is -0.404. The van der Waals surface area contributed by atoms with E-state index in [2.05, 4.69) is 0 Å². The number of rotatable bonds is 4. The molecule has 21 heavy (non-hydrogen) atoms. The van der Waals surface area contributed by atoms with Crippen LogP contribution in [0, 0.1) is 5.82 Å². The number of para-hydroxylation sites is 1. The summed E-state index contributed by atoms with van der Waals surface area (Å²) in [7, 11) is -3.88. The molecule has 0 aromatic heterocycles. The maximum Gasteiger partial charge on any atom is 0.238 e. The summed E-state index contributed by atoms with van der Waals surface area (Å²) in [5, 5.41) is 5.13. The van der Waals surface area contributed by atoms with Crippen molar-refractivity contribution in [1.29, 1.82) is 0 Å². The van der Waals surface area contributed by atoms with Gasteiger partial charge in [0.15, 0.2) is 0 Å². The van der Waals surface area contributed by atoms with Crippen LogP contribution in [0.4, 0.5) is 21.5 Å². The zero-order valence-electron chi connectivity index (χ0n) is 11.5. The quantitative estimate of drug-likeness (QED) is 0.847. The first-order valence-corrected chi connectivity index (χ1v) is 7.83. The Balaban J connectivity index is 2.59. The van der Waals surface area contributed by atoms with Crippen LogP contribution in [0.25, 0.3) is 0 Å². The topological polar surface area (TPSA) is 89.4 Å². The Hall–Kier alpha value is -2.12. The minimum absolute atomic E-state index is 0.104. The predicted molar refractivity (Wildman–Crippen MR) is 81.3 cm³/mol. The van der Waals surface area contributed by atoms with Crippen molar-refractivity contribution in [3.8, 4) is 0 Å². The third-order valence-electron chi connectivity index (χ3n) is 3.01. The molecule has 7 heteroatoms. The van der Waals surface area contributed by atoms with Crippen molar-refractivity contribution in [2.75, 3.05) is 17.2 Å². The lowest BCUT2D eigenvalue weighted by Gasteiger charge is -2.24. The SMILES string of the molecule is CCN(c1cc(N)cc(S(N)(=O)=O)c1)c1ccccc1F. The maximum atomic E-state index is 13.9. The van der Waals surface area contributed by atoms with E-state index in [1.165, 1.54) is 18.2 Å². The van der Waals surface area contributed by atoms with Gasteiger partial charge in [0, 0.05) is 17.9 Å². The largest absolute Gasteiger partial charge is 0.399 e. The number of halogens is 1. The van der Waals surface area contributed by atoms with Crippen LogP contribution in [0.5, 0.6) is 0 Å². The molecule has 0 amide bonds. The second-order valence-electron chi connectivity index (χ2n) is 4.50. The minimum atomic E-state index is -3.88. The summed E-state index contributed by atoms with van der Waals surface area (Å²) in [5.41, 5.74) is 6.77. The predicted octanol–water partition coefficient (Wildman–Crippen LogP) is 2.21. The molecule has 0 saturated heterocycles. The van der Waals surface area contributed by atoms with Crippen LogP contribution in [0.2, 0.25) is 0 Å². The van der Waals surface area contributed by atoms with Gasteiger partial charge in [-0.15, -0.1) is 0 Å². The Morgan fingerprint density at radius 2 is 1.86 bits per heavy atom. The number of sulfonamides is 1. The number of nitrogen functional groups attached to an aromatic ring is 1. The number of hydrogen-bond acceptors (Lipinski definition) is 4. The Morgan fingerprint density at radius 1 is 1.19 bits per heavy atom. The molecule has 5 nitrogen and oxygen atoms in total. The Kier molecular flexibility index (Phi) is 4.15. The molecule has 0 fully saturated rings. The van der Waals surface area contributed by atoms with Gasteiger partial charge >= 0.3 is 0 Å². The lowest BCUT2D eigenvalue weighted by molar-refractivity contribution is 0.598. The van der Waals surface area contributed by atoms with Gasteiger partial charge in [-0.3, -0.25) is 0 Å². The second-order valence-corrected chi connectivity index (χ2v) is 6.06. The van der Waals surface area contributed by atoms with E-state index in [9.17, 15) is 12.8 Å². The molecule has 2 aromatic rings. The molecule has 4 N–H and O–H groups in total. The number of primary sulfonamides is 1. The van der Waals surface area contributed by atoms with Gasteiger partial charge in [-0.05, 0) is 37.3 Å². The number of hydrogen-bond donors (Lipinski definition) is 2. The highest BCUT2D eigenvalue weighted by molar-refractivity contribution is 7.89. The van der Waals surface area contributed by atoms with Crippen molar-refractivity contribution in [3.05, 3.63) is 48.3 Å². The number of nitrogens with two attached hydrogens (primary N) is 2. The summed E-state index contributed by atoms with van der Waals surface area (Å²) >= 11 is 0. The first-order chi connectivity index (χ1) is 9.82. The number of anilines is 3. The third kappa shape index (κ3) is 3.32. The lowest BCUT2D eigenvalue weighted by Crippen LogP contribution is -2.19. The summed E-state index contributed by atoms with van der Waals surface area (Å²) in [6.07, 6.45) is 0. The molecule has 0 spiro atoms. The molecule has 2 aromatic carbocycles. The van der Waals surface area contributed by atoms with Gasteiger partial charge in [-0.2, -0.15) is 0 Å². The smallest absolute Gasteiger partial charge is 0.238 e. The van der Waals surface area contributed by atoms with Gasteiger partial charge in [0.25, 0.3) is 0 Å². The van der Waals surface area contributed by atoms with E-state index >= 15 is 0 Å². The molecule has 0 heterocycles. The Morgan fingerprint density at radius 3 is 2.43 bits per heavy atom. The van der Waals surface area contributed by atoms with E-state index in [-0.39, 0.29) is 10.6 Å². The summed E-state index contributed by atoms with van der Waals surface area (Å²) in [6, 6.07) is 10.5. The van der Waals surface area contributed by atoms with E-state index in [1.807, 2.05) is 6.92 Å². The number of benzene rings is 2. The van der Waals surface area contributed by atoms with E-state index in [0.29, 0.717) is 17.9 Å². The van der Waals surface area contributed by atoms with Gasteiger partial charge in [0.1, 0.15) is 5.82 Å². The van der Waals surface area contributed by atoms with E-state index in [0.717, 1.165) is 0 Å². The molecule has 0 saturated carbocycles. The van der Waals surface area contributed by atoms with Crippen molar-refractivity contribution in [3.63, 3.8) is 0 Å². The van der Waals surface area contributed by atoms with Crippen molar-refractivity contribution in [2.45, 2.75) is 11.8 Å². The van der Waals surface area contributed by atoms with Crippen molar-refractivity contribution in [1.82, 2.24) is 0 Å². The van der Waals surface area contributed by atoms with Crippen LogP contribution in [0.3, 0.4) is 0 Å². The van der Waals surface area contributed by atoms with Crippen LogP contribution in [0.15, 0.2) is 47.4 Å². The molecule has 0 atom stereocenters. The van der Waals surface area contributed by atoms with Crippen molar-refractivity contribution < 1.29 is 12.8 Å². The van der Waals surface area contributed by atoms with Gasteiger partial charge in [0.2, 0.25) is 10.0 Å². The van der Waals surface area contributed by atoms with Crippen LogP contribution in [-0.2, 0) is 10.0 Å². The average molecular weight is 309 g/mol. The molecular formula is C14H16FN3O2S. The van der Waals surface area contributed by atoms with Crippen molar-refractivity contribution in [2.24, 2.45) is 5.14 Å². The maximum absolute atomic E-state index is 13.9. The summed E-state index contributed by atoms with van der Waals surface area (Å²) in [6.45, 7) is 2.26. The second kappa shape index (κ2) is 5.71. The first kappa shape index (κ1) is 15.3. The Bertz CT molecular complexity index is 763. The third-order valence-corrected chi connectivity index (χ3v) is 3.91. The molecule has 0 aliphatic carbocycles. The van der Waals surface area contributed by atoms with E-state index in [4.69, 9.17) is 10.9 Å². The molecule has 0 aliphatic rings. The highest BCUT2D eigenvalue weighted by atomic mass is 32.2. The standard InChI is InChI=1S/C14H16FN3O2S/c1-2-18(14-6-4-3-5-13(14)15)11-7-10(16)8-12(9-11)21(17,19)20/h3-9H,2,16H2,1H3,(H2,17,19,20). The fourth-order valence-electron chi connectivity index (χ4n) is 2.09. The summed E-state index contributed by atoms with van der Waals surface area (Å²) < 4.78 is 36.9. The molecular weight excluding hydrogens is 293 g/mol. The van der Waals surface area contributed by atoms with Gasteiger partial charge in [0.05, 0.1) is 10.6 Å². The Labute approximate surface area is 123 Å². The minimum Gasteiger partial charge on any atom is -0.399 e. The van der Waals surface area contributed by atoms with E-state index < -0.39 is 15.8 Å². The average Bonchev–Trinajstić information content (AvgIpc) is 2.40. The monoisotopic (exact) mass is 309 g/mol. The van der Waals surface area contributed by atoms with Gasteiger partial charge in [-0.25, -0.2) is 17.9 Å². The molecule has 0 radical (unpaired) electrons. The highest BCUT2D eigenvalue weighted by Gasteiger charge is 2.16. The van der Waals surface area contributed by atoms with Gasteiger partial charge < -0.3 is 10.6 Å². The normalized spacial score (nSPS) is 11.4. The molecule has 112 valence electrons. The highest BCUT2D eigenvalue weighted by Crippen LogP contribution is 2.30. The lowest BCUT2D eigenvalue weighted by atomic mass is 10.2. The van der Waals surface area contributed by atoms with Crippen LogP contribution in [0.1, 0.15) is 6.92 Å². The molecule has 0 bridgehead atoms. The summed E-state index contributed by atoms with van der Waals surface area (Å²) in [4.78, 5) is 1.52. The first-order valence-electron chi connectivity index (χ1n) is 6.28. The fourth-order valence-corrected chi connectivity index (χ4v) is 2.67. The zero-order chi connectivity index (χ0) is 15.6. The molecule has 0 unspecified atom stereocenters. The van der Waals surface area contributed by atoms with Crippen molar-refractivity contribution >= 4 is 27.1 Å². The van der Waals surface area contributed by atoms with Gasteiger partial charge in [-0.1, -0.05) is 12.1 Å². The van der Waals surface area contributed by atoms with Crippen LogP contribution < -0.4 is 15.8 Å². The van der Waals surface area contributed by atoms with Crippen LogP contribution in [-0.4, -0.2) is 15.0 Å². The molecule has 2 rings (SSSR count). The van der Waals surface area contributed by atoms with E-state index in [1.54, 1.807) is 29.2 Å². The zero-order valence-corrected chi connectivity index (χ0v) is 12.3. The van der Waals surface area contributed by atoms with Crippen LogP contribution >= 0.6 is 0 Å². The fraction of sp³-hybridized carbons (Fsp3) is 0.143. The number of nitrogens with zero attached hydrogens (tertiary/aromatic N) is 1.